The van der Waals surface area contributed by atoms with Gasteiger partial charge in [-0.15, -0.1) is 0 Å². The number of sulfonamides is 1. The third-order valence-corrected chi connectivity index (χ3v) is 5.50. The van der Waals surface area contributed by atoms with Gasteiger partial charge in [-0.05, 0) is 36.8 Å². The van der Waals surface area contributed by atoms with Crippen LogP contribution in [0, 0.1) is 0 Å². The van der Waals surface area contributed by atoms with Gasteiger partial charge in [-0.2, -0.15) is 8.42 Å². The van der Waals surface area contributed by atoms with Crippen molar-refractivity contribution in [1.82, 2.24) is 14.3 Å². The summed E-state index contributed by atoms with van der Waals surface area (Å²) >= 11 is 0. The Labute approximate surface area is 161 Å². The molecular formula is C19H28N4O3S. The van der Waals surface area contributed by atoms with E-state index in [0.29, 0.717) is 5.69 Å². The molecule has 0 bridgehead atoms. The number of anilines is 1. The van der Waals surface area contributed by atoms with E-state index >= 15 is 0 Å². The predicted molar refractivity (Wildman–Crippen MR) is 107 cm³/mol. The number of imidazole rings is 1. The van der Waals surface area contributed by atoms with Crippen LogP contribution < -0.4 is 10.0 Å². The number of para-hydroxylation sites is 1. The van der Waals surface area contributed by atoms with E-state index in [1.165, 1.54) is 12.5 Å². The van der Waals surface area contributed by atoms with Crippen molar-refractivity contribution in [2.75, 3.05) is 5.32 Å². The average Bonchev–Trinajstić information content (AvgIpc) is 3.05. The van der Waals surface area contributed by atoms with Crippen molar-refractivity contribution in [3.63, 3.8) is 0 Å². The van der Waals surface area contributed by atoms with Gasteiger partial charge in [0.05, 0.1) is 6.33 Å². The summed E-state index contributed by atoms with van der Waals surface area (Å²) in [6, 6.07) is 5.09. The Morgan fingerprint density at radius 3 is 2.04 bits per heavy atom. The Hall–Kier alpha value is -2.35. The molecule has 7 nitrogen and oxygen atoms in total. The highest BCUT2D eigenvalue weighted by atomic mass is 32.2. The number of aromatic nitrogens is 2. The summed E-state index contributed by atoms with van der Waals surface area (Å²) in [5.41, 5.74) is 2.57. The van der Waals surface area contributed by atoms with Crippen LogP contribution in [0.3, 0.4) is 0 Å². The maximum Gasteiger partial charge on any atom is 0.333 e. The number of hydrogen-bond acceptors (Lipinski definition) is 4. The first-order valence-electron chi connectivity index (χ1n) is 9.03. The lowest BCUT2D eigenvalue weighted by molar-refractivity contribution is 0.256. The van der Waals surface area contributed by atoms with Crippen molar-refractivity contribution in [1.29, 1.82) is 0 Å². The highest BCUT2D eigenvalue weighted by Gasteiger charge is 2.23. The van der Waals surface area contributed by atoms with Crippen LogP contribution >= 0.6 is 0 Å². The fourth-order valence-electron chi connectivity index (χ4n) is 2.75. The molecule has 1 aromatic carbocycles. The SMILES string of the molecule is CC(C)c1cccc(C(C)C)c1NC(=O)NS(=O)(=O)c1cn(C(C)C)cn1. The van der Waals surface area contributed by atoms with E-state index in [0.717, 1.165) is 11.1 Å². The van der Waals surface area contributed by atoms with E-state index in [-0.39, 0.29) is 22.9 Å². The number of urea groups is 1. The van der Waals surface area contributed by atoms with Crippen LogP contribution in [-0.2, 0) is 10.0 Å². The molecule has 1 heterocycles. The number of nitrogens with zero attached hydrogens (tertiary/aromatic N) is 2. The predicted octanol–water partition coefficient (Wildman–Crippen LogP) is 4.22. The summed E-state index contributed by atoms with van der Waals surface area (Å²) in [7, 11) is -4.05. The number of nitrogens with one attached hydrogen (secondary N) is 2. The molecule has 0 aliphatic carbocycles. The molecular weight excluding hydrogens is 364 g/mol. The van der Waals surface area contributed by atoms with Crippen LogP contribution in [0.15, 0.2) is 35.7 Å². The summed E-state index contributed by atoms with van der Waals surface area (Å²) in [5, 5.41) is 2.55. The minimum Gasteiger partial charge on any atom is -0.334 e. The van der Waals surface area contributed by atoms with Crippen LogP contribution in [0.5, 0.6) is 0 Å². The zero-order chi connectivity index (χ0) is 20.4. The Bertz CT molecular complexity index is 889. The van der Waals surface area contributed by atoms with Gasteiger partial charge >= 0.3 is 6.03 Å². The molecule has 2 amide bonds. The number of amides is 2. The minimum atomic E-state index is -4.05. The van der Waals surface area contributed by atoms with Gasteiger partial charge in [0.25, 0.3) is 10.0 Å². The van der Waals surface area contributed by atoms with Crippen LogP contribution in [-0.4, -0.2) is 24.0 Å². The molecule has 0 aliphatic rings. The summed E-state index contributed by atoms with van der Waals surface area (Å²) in [6.07, 6.45) is 2.84. The van der Waals surface area contributed by atoms with E-state index in [9.17, 15) is 13.2 Å². The van der Waals surface area contributed by atoms with Crippen molar-refractivity contribution in [2.45, 2.75) is 64.4 Å². The third kappa shape index (κ3) is 4.88. The van der Waals surface area contributed by atoms with Crippen LogP contribution in [0.25, 0.3) is 0 Å². The second-order valence-corrected chi connectivity index (χ2v) is 9.06. The number of rotatable bonds is 6. The summed E-state index contributed by atoms with van der Waals surface area (Å²) in [4.78, 5) is 16.3. The molecule has 0 saturated heterocycles. The van der Waals surface area contributed by atoms with E-state index < -0.39 is 16.1 Å². The molecule has 8 heteroatoms. The molecule has 2 N–H and O–H groups in total. The maximum atomic E-state index is 12.5. The van der Waals surface area contributed by atoms with Crippen molar-refractivity contribution in [2.24, 2.45) is 0 Å². The molecule has 27 heavy (non-hydrogen) atoms. The first kappa shape index (κ1) is 21.0. The molecule has 2 rings (SSSR count). The van der Waals surface area contributed by atoms with Gasteiger partial charge < -0.3 is 9.88 Å². The normalized spacial score (nSPS) is 12.0. The lowest BCUT2D eigenvalue weighted by atomic mass is 9.93. The average molecular weight is 393 g/mol. The Balaban J connectivity index is 2.27. The fraction of sp³-hybridized carbons (Fsp3) is 0.474. The van der Waals surface area contributed by atoms with Gasteiger partial charge in [0, 0.05) is 17.9 Å². The number of benzene rings is 1. The van der Waals surface area contributed by atoms with Crippen molar-refractivity contribution >= 4 is 21.7 Å². The Kier molecular flexibility index (Phi) is 6.30. The number of carbonyl (C=O) groups excluding carboxylic acids is 1. The molecule has 0 atom stereocenters. The molecule has 0 spiro atoms. The summed E-state index contributed by atoms with van der Waals surface area (Å²) in [6.45, 7) is 11.9. The fourth-order valence-corrected chi connectivity index (χ4v) is 3.59. The van der Waals surface area contributed by atoms with Gasteiger partial charge in [0.1, 0.15) is 0 Å². The molecule has 2 aromatic rings. The van der Waals surface area contributed by atoms with Crippen molar-refractivity contribution < 1.29 is 13.2 Å². The zero-order valence-corrected chi connectivity index (χ0v) is 17.5. The molecule has 0 unspecified atom stereocenters. The quantitative estimate of drug-likeness (QED) is 0.770. The monoisotopic (exact) mass is 392 g/mol. The Morgan fingerprint density at radius 1 is 1.04 bits per heavy atom. The van der Waals surface area contributed by atoms with Gasteiger partial charge in [-0.1, -0.05) is 45.9 Å². The molecule has 148 valence electrons. The molecule has 0 fully saturated rings. The summed E-state index contributed by atoms with van der Waals surface area (Å²) < 4.78 is 28.6. The molecule has 0 saturated carbocycles. The Morgan fingerprint density at radius 2 is 1.59 bits per heavy atom. The third-order valence-electron chi connectivity index (χ3n) is 4.29. The second kappa shape index (κ2) is 8.12. The van der Waals surface area contributed by atoms with Crippen molar-refractivity contribution in [3.05, 3.63) is 41.9 Å². The lowest BCUT2D eigenvalue weighted by Crippen LogP contribution is -2.35. The van der Waals surface area contributed by atoms with Gasteiger partial charge in [0.2, 0.25) is 0 Å². The summed E-state index contributed by atoms with van der Waals surface area (Å²) in [5.74, 6) is 0.356. The lowest BCUT2D eigenvalue weighted by Gasteiger charge is -2.20. The van der Waals surface area contributed by atoms with Crippen LogP contribution in [0.2, 0.25) is 0 Å². The van der Waals surface area contributed by atoms with Gasteiger partial charge in [-0.3, -0.25) is 0 Å². The van der Waals surface area contributed by atoms with Gasteiger partial charge in [0.15, 0.2) is 5.03 Å². The first-order valence-corrected chi connectivity index (χ1v) is 10.5. The highest BCUT2D eigenvalue weighted by Crippen LogP contribution is 2.32. The largest absolute Gasteiger partial charge is 0.334 e. The smallest absolute Gasteiger partial charge is 0.333 e. The van der Waals surface area contributed by atoms with Gasteiger partial charge in [-0.25, -0.2) is 14.5 Å². The van der Waals surface area contributed by atoms with Crippen molar-refractivity contribution in [3.8, 4) is 0 Å². The van der Waals surface area contributed by atoms with E-state index in [4.69, 9.17) is 0 Å². The molecule has 0 aliphatic heterocycles. The number of hydrogen-bond donors (Lipinski definition) is 2. The maximum absolute atomic E-state index is 12.5. The topological polar surface area (TPSA) is 93.1 Å². The zero-order valence-electron chi connectivity index (χ0n) is 16.6. The van der Waals surface area contributed by atoms with E-state index in [1.54, 1.807) is 4.57 Å². The molecule has 0 radical (unpaired) electrons. The number of carbonyl (C=O) groups is 1. The minimum absolute atomic E-state index is 0.0711. The van der Waals surface area contributed by atoms with E-state index in [2.05, 4.69) is 15.0 Å². The molecule has 1 aromatic heterocycles. The van der Waals surface area contributed by atoms with Crippen LogP contribution in [0.4, 0.5) is 10.5 Å². The standard InChI is InChI=1S/C19H28N4O3S/c1-12(2)15-8-7-9-16(13(3)4)18(15)21-19(24)22-27(25,26)17-10-23(11-20-17)14(5)6/h7-14H,1-6H3,(H2,21,22,24). The van der Waals surface area contributed by atoms with Crippen LogP contribution in [0.1, 0.15) is 70.5 Å². The van der Waals surface area contributed by atoms with E-state index in [1.807, 2.05) is 59.7 Å². The second-order valence-electron chi connectivity index (χ2n) is 7.43. The first-order chi connectivity index (χ1) is 12.5. The highest BCUT2D eigenvalue weighted by molar-refractivity contribution is 7.90.